The van der Waals surface area contributed by atoms with Gasteiger partial charge in [0.2, 0.25) is 0 Å². The van der Waals surface area contributed by atoms with E-state index in [-0.39, 0.29) is 0 Å². The minimum atomic E-state index is -0.527. The Morgan fingerprint density at radius 2 is 0.651 bits per heavy atom. The highest BCUT2D eigenvalue weighted by atomic mass is 15.2. The van der Waals surface area contributed by atoms with Gasteiger partial charge in [0.25, 0.3) is 0 Å². The Hall–Kier alpha value is -8.20. The topological polar surface area (TPSA) is 6.48 Å². The van der Waals surface area contributed by atoms with Crippen molar-refractivity contribution in [3.8, 4) is 33.4 Å². The quantitative estimate of drug-likeness (QED) is 0.136. The lowest BCUT2D eigenvalue weighted by Gasteiger charge is -2.35. The highest BCUT2D eigenvalue weighted by Crippen LogP contribution is 2.56. The van der Waals surface area contributed by atoms with E-state index in [1.165, 1.54) is 50.1 Å². The molecule has 1 aliphatic carbocycles. The fraction of sp³-hybridized carbons (Fsp3) is 0.0164. The third kappa shape index (κ3) is 6.70. The molecule has 10 aromatic carbocycles. The van der Waals surface area contributed by atoms with Crippen LogP contribution in [0.15, 0.2) is 267 Å². The van der Waals surface area contributed by atoms with Gasteiger partial charge in [0.1, 0.15) is 0 Å². The average molecular weight is 805 g/mol. The molecule has 1 aliphatic rings. The van der Waals surface area contributed by atoms with Crippen molar-refractivity contribution in [2.75, 3.05) is 9.80 Å². The van der Waals surface area contributed by atoms with Crippen LogP contribution >= 0.6 is 0 Å². The van der Waals surface area contributed by atoms with Gasteiger partial charge in [-0.1, -0.05) is 206 Å². The van der Waals surface area contributed by atoms with Crippen LogP contribution < -0.4 is 9.80 Å². The zero-order valence-corrected chi connectivity index (χ0v) is 34.8. The fourth-order valence-corrected chi connectivity index (χ4v) is 9.78. The number of rotatable bonds is 10. The fourth-order valence-electron chi connectivity index (χ4n) is 9.78. The molecule has 0 unspecified atom stereocenters. The molecule has 0 fully saturated rings. The minimum Gasteiger partial charge on any atom is -0.310 e. The van der Waals surface area contributed by atoms with Crippen LogP contribution in [0.25, 0.3) is 33.4 Å². The van der Waals surface area contributed by atoms with Crippen molar-refractivity contribution >= 4 is 34.1 Å². The third-order valence-corrected chi connectivity index (χ3v) is 12.5. The van der Waals surface area contributed by atoms with Crippen molar-refractivity contribution in [3.63, 3.8) is 0 Å². The minimum absolute atomic E-state index is 0.527. The number of hydrogen-bond acceptors (Lipinski definition) is 2. The van der Waals surface area contributed by atoms with E-state index in [1.807, 2.05) is 0 Å². The lowest BCUT2D eigenvalue weighted by Crippen LogP contribution is -2.28. The van der Waals surface area contributed by atoms with Gasteiger partial charge in [0.05, 0.1) is 11.1 Å². The van der Waals surface area contributed by atoms with Gasteiger partial charge in [-0.25, -0.2) is 0 Å². The number of hydrogen-bond donors (Lipinski definition) is 0. The number of nitrogens with zero attached hydrogens (tertiary/aromatic N) is 2. The molecule has 63 heavy (non-hydrogen) atoms. The van der Waals surface area contributed by atoms with E-state index >= 15 is 0 Å². The summed E-state index contributed by atoms with van der Waals surface area (Å²) in [5, 5.41) is 0. The molecule has 2 heteroatoms. The van der Waals surface area contributed by atoms with Gasteiger partial charge in [-0.15, -0.1) is 0 Å². The molecule has 0 atom stereocenters. The lowest BCUT2D eigenvalue weighted by atomic mass is 9.67. The van der Waals surface area contributed by atoms with Crippen molar-refractivity contribution < 1.29 is 0 Å². The normalized spacial score (nSPS) is 12.3. The first-order chi connectivity index (χ1) is 31.3. The van der Waals surface area contributed by atoms with Crippen LogP contribution in [-0.2, 0) is 5.41 Å². The van der Waals surface area contributed by atoms with Crippen LogP contribution in [0, 0.1) is 0 Å². The summed E-state index contributed by atoms with van der Waals surface area (Å²) in [6, 6.07) is 96.9. The molecule has 10 aromatic rings. The molecular formula is C61H44N2. The summed E-state index contributed by atoms with van der Waals surface area (Å²) in [6.45, 7) is 0. The van der Waals surface area contributed by atoms with Crippen molar-refractivity contribution in [2.24, 2.45) is 0 Å². The van der Waals surface area contributed by atoms with Crippen LogP contribution in [0.1, 0.15) is 22.3 Å². The molecule has 0 bridgehead atoms. The second kappa shape index (κ2) is 16.3. The maximum absolute atomic E-state index is 2.42. The maximum Gasteiger partial charge on any atom is 0.0714 e. The number of benzene rings is 10. The molecule has 0 saturated heterocycles. The van der Waals surface area contributed by atoms with Gasteiger partial charge in [-0.3, -0.25) is 0 Å². The second-order valence-electron chi connectivity index (χ2n) is 16.1. The van der Waals surface area contributed by atoms with Gasteiger partial charge in [0.15, 0.2) is 0 Å². The van der Waals surface area contributed by atoms with Crippen LogP contribution in [0.3, 0.4) is 0 Å². The predicted molar refractivity (Wildman–Crippen MR) is 264 cm³/mol. The summed E-state index contributed by atoms with van der Waals surface area (Å²) in [5.41, 5.74) is 18.2. The summed E-state index contributed by atoms with van der Waals surface area (Å²) in [6.07, 6.45) is 0. The summed E-state index contributed by atoms with van der Waals surface area (Å²) < 4.78 is 0. The Balaban J connectivity index is 1.12. The Labute approximate surface area is 370 Å². The first kappa shape index (κ1) is 37.8. The zero-order valence-electron chi connectivity index (χ0n) is 34.8. The van der Waals surface area contributed by atoms with E-state index in [0.717, 1.165) is 39.7 Å². The van der Waals surface area contributed by atoms with Crippen LogP contribution in [0.2, 0.25) is 0 Å². The first-order valence-electron chi connectivity index (χ1n) is 21.7. The van der Waals surface area contributed by atoms with Crippen molar-refractivity contribution in [2.45, 2.75) is 5.41 Å². The largest absolute Gasteiger partial charge is 0.310 e. The SMILES string of the molecule is c1ccc(-c2ccc(N(c3cccc(N(c4ccccc4)c4ccccc4-c4ccccc4)c3)c3cccc(C4(c5ccccc5)c5ccccc5-c5ccccc54)c3)cc2)cc1. The standard InChI is InChI=1S/C61H44N2/c1-5-21-45(22-6-1)46-39-41-51(42-40-46)62(53-31-20-32-54(44-53)63(50-28-11-4-12-29-50)60-38-18-15-33-55(60)47-23-7-2-8-24-47)52-30-19-27-49(43-52)61(48-25-9-3-10-26-48)58-36-16-13-34-56(58)57-35-14-17-37-59(57)61/h1-44H. The van der Waals surface area contributed by atoms with Gasteiger partial charge in [-0.2, -0.15) is 0 Å². The molecule has 0 radical (unpaired) electrons. The van der Waals surface area contributed by atoms with Gasteiger partial charge < -0.3 is 9.80 Å². The summed E-state index contributed by atoms with van der Waals surface area (Å²) in [4.78, 5) is 4.80. The predicted octanol–water partition coefficient (Wildman–Crippen LogP) is 16.3. The molecule has 0 amide bonds. The average Bonchev–Trinajstić information content (AvgIpc) is 3.67. The smallest absolute Gasteiger partial charge is 0.0714 e. The molecule has 0 N–H and O–H groups in total. The summed E-state index contributed by atoms with van der Waals surface area (Å²) in [5.74, 6) is 0. The highest BCUT2D eigenvalue weighted by molar-refractivity contribution is 5.91. The monoisotopic (exact) mass is 804 g/mol. The third-order valence-electron chi connectivity index (χ3n) is 12.5. The van der Waals surface area contributed by atoms with Crippen molar-refractivity contribution in [1.29, 1.82) is 0 Å². The molecule has 0 heterocycles. The molecule has 0 aromatic heterocycles. The molecular weight excluding hydrogens is 761 g/mol. The Morgan fingerprint density at radius 1 is 0.238 bits per heavy atom. The molecule has 2 nitrogen and oxygen atoms in total. The van der Waals surface area contributed by atoms with Gasteiger partial charge in [0, 0.05) is 34.0 Å². The van der Waals surface area contributed by atoms with E-state index in [1.54, 1.807) is 0 Å². The van der Waals surface area contributed by atoms with E-state index < -0.39 is 5.41 Å². The van der Waals surface area contributed by atoms with Gasteiger partial charge in [-0.05, 0) is 111 Å². The molecule has 0 saturated carbocycles. The van der Waals surface area contributed by atoms with Crippen molar-refractivity contribution in [1.82, 2.24) is 0 Å². The molecule has 0 spiro atoms. The second-order valence-corrected chi connectivity index (χ2v) is 16.1. The first-order valence-corrected chi connectivity index (χ1v) is 21.7. The Morgan fingerprint density at radius 3 is 1.29 bits per heavy atom. The molecule has 0 aliphatic heterocycles. The molecule has 11 rings (SSSR count). The number of anilines is 6. The summed E-state index contributed by atoms with van der Waals surface area (Å²) >= 11 is 0. The van der Waals surface area contributed by atoms with Crippen LogP contribution in [-0.4, -0.2) is 0 Å². The molecule has 298 valence electrons. The van der Waals surface area contributed by atoms with E-state index in [2.05, 4.69) is 277 Å². The number of para-hydroxylation sites is 2. The van der Waals surface area contributed by atoms with E-state index in [9.17, 15) is 0 Å². The van der Waals surface area contributed by atoms with Crippen LogP contribution in [0.5, 0.6) is 0 Å². The number of fused-ring (bicyclic) bond motifs is 3. The lowest BCUT2D eigenvalue weighted by molar-refractivity contribution is 0.768. The highest BCUT2D eigenvalue weighted by Gasteiger charge is 2.46. The van der Waals surface area contributed by atoms with Crippen molar-refractivity contribution in [3.05, 3.63) is 289 Å². The Kier molecular flexibility index (Phi) is 9.80. The maximum atomic E-state index is 2.42. The van der Waals surface area contributed by atoms with Crippen LogP contribution in [0.4, 0.5) is 34.1 Å². The van der Waals surface area contributed by atoms with Gasteiger partial charge >= 0.3 is 0 Å². The van der Waals surface area contributed by atoms with E-state index in [4.69, 9.17) is 0 Å². The zero-order chi connectivity index (χ0) is 42.0. The Bertz CT molecular complexity index is 3110. The van der Waals surface area contributed by atoms with E-state index in [0.29, 0.717) is 0 Å². The summed E-state index contributed by atoms with van der Waals surface area (Å²) in [7, 11) is 0.